The van der Waals surface area contributed by atoms with Gasteiger partial charge in [0.1, 0.15) is 4.83 Å². The zero-order valence-corrected chi connectivity index (χ0v) is 13.9. The summed E-state index contributed by atoms with van der Waals surface area (Å²) in [7, 11) is 0. The van der Waals surface area contributed by atoms with Gasteiger partial charge in [-0.05, 0) is 49.0 Å². The number of nitrogens with one attached hydrogen (secondary N) is 1. The molecule has 4 nitrogen and oxygen atoms in total. The van der Waals surface area contributed by atoms with Gasteiger partial charge >= 0.3 is 0 Å². The van der Waals surface area contributed by atoms with Crippen LogP contribution in [0.5, 0.6) is 0 Å². The molecule has 1 aliphatic rings. The molecule has 23 heavy (non-hydrogen) atoms. The molecule has 0 atom stereocenters. The highest BCUT2D eigenvalue weighted by atomic mass is 35.5. The molecule has 1 aliphatic carbocycles. The van der Waals surface area contributed by atoms with Crippen molar-refractivity contribution in [1.29, 1.82) is 0 Å². The number of thiophene rings is 1. The van der Waals surface area contributed by atoms with Crippen LogP contribution >= 0.6 is 22.9 Å². The quantitative estimate of drug-likeness (QED) is 0.765. The zero-order chi connectivity index (χ0) is 15.8. The van der Waals surface area contributed by atoms with Gasteiger partial charge in [0.2, 0.25) is 0 Å². The van der Waals surface area contributed by atoms with Gasteiger partial charge in [0, 0.05) is 17.3 Å². The second-order valence-electron chi connectivity index (χ2n) is 5.58. The van der Waals surface area contributed by atoms with Crippen LogP contribution in [0.2, 0.25) is 0 Å². The second-order valence-corrected chi connectivity index (χ2v) is 7.08. The maximum atomic E-state index is 12.5. The van der Waals surface area contributed by atoms with Gasteiger partial charge in [-0.15, -0.1) is 11.3 Å². The molecule has 0 saturated heterocycles. The van der Waals surface area contributed by atoms with Gasteiger partial charge in [-0.3, -0.25) is 9.78 Å². The highest BCUT2D eigenvalue weighted by molar-refractivity contribution is 7.18. The number of aromatic amines is 1. The molecule has 3 heterocycles. The Labute approximate surface area is 141 Å². The van der Waals surface area contributed by atoms with Crippen molar-refractivity contribution in [2.75, 3.05) is 0 Å². The lowest BCUT2D eigenvalue weighted by Gasteiger charge is -2.09. The Bertz CT molecular complexity index is 959. The van der Waals surface area contributed by atoms with E-state index in [1.807, 2.05) is 12.1 Å². The summed E-state index contributed by atoms with van der Waals surface area (Å²) in [6, 6.07) is 3.73. The van der Waals surface area contributed by atoms with E-state index in [0.717, 1.165) is 35.0 Å². The summed E-state index contributed by atoms with van der Waals surface area (Å²) in [5.41, 5.74) is 1.96. The van der Waals surface area contributed by atoms with Crippen molar-refractivity contribution < 1.29 is 0 Å². The highest BCUT2D eigenvalue weighted by Crippen LogP contribution is 2.34. The van der Waals surface area contributed by atoms with Gasteiger partial charge in [0.15, 0.2) is 5.82 Å². The van der Waals surface area contributed by atoms with Crippen LogP contribution in [-0.4, -0.2) is 15.0 Å². The third kappa shape index (κ3) is 2.71. The Balaban J connectivity index is 1.83. The average molecular weight is 344 g/mol. The zero-order valence-electron chi connectivity index (χ0n) is 12.3. The summed E-state index contributed by atoms with van der Waals surface area (Å²) in [4.78, 5) is 26.0. The van der Waals surface area contributed by atoms with Crippen LogP contribution < -0.4 is 5.56 Å². The molecule has 0 radical (unpaired) electrons. The first-order valence-electron chi connectivity index (χ1n) is 7.54. The largest absolute Gasteiger partial charge is 0.305 e. The van der Waals surface area contributed by atoms with Crippen LogP contribution in [0.25, 0.3) is 21.3 Å². The molecule has 0 aliphatic heterocycles. The first-order valence-corrected chi connectivity index (χ1v) is 8.74. The standard InChI is InChI=1S/C17H14ClN3OS/c18-12(8-10-4-3-7-19-9-10)15-20-16(22)14-11-5-1-2-6-13(11)23-17(14)21-15/h3-4,7-9H,1-2,5-6H2,(H,20,21,22)/b12-8-. The lowest BCUT2D eigenvalue weighted by atomic mass is 9.97. The fourth-order valence-electron chi connectivity index (χ4n) is 2.95. The molecule has 3 aromatic heterocycles. The third-order valence-electron chi connectivity index (χ3n) is 4.03. The Morgan fingerprint density at radius 2 is 2.22 bits per heavy atom. The summed E-state index contributed by atoms with van der Waals surface area (Å²) >= 11 is 7.97. The van der Waals surface area contributed by atoms with E-state index in [2.05, 4.69) is 15.0 Å². The molecule has 0 saturated carbocycles. The lowest BCUT2D eigenvalue weighted by molar-refractivity contribution is 0.700. The molecular weight excluding hydrogens is 330 g/mol. The number of rotatable bonds is 2. The first kappa shape index (κ1) is 14.6. The van der Waals surface area contributed by atoms with Crippen molar-refractivity contribution >= 4 is 44.3 Å². The molecule has 0 unspecified atom stereocenters. The summed E-state index contributed by atoms with van der Waals surface area (Å²) in [5.74, 6) is 0.409. The SMILES string of the molecule is O=c1[nH]c(/C(Cl)=C/c2cccnc2)nc2sc3c(c12)CCCC3. The molecule has 116 valence electrons. The number of nitrogens with zero attached hydrogens (tertiary/aromatic N) is 2. The molecule has 1 N–H and O–H groups in total. The highest BCUT2D eigenvalue weighted by Gasteiger charge is 2.20. The minimum atomic E-state index is -0.0952. The molecule has 3 aromatic rings. The summed E-state index contributed by atoms with van der Waals surface area (Å²) < 4.78 is 0. The van der Waals surface area contributed by atoms with E-state index < -0.39 is 0 Å². The normalized spacial score (nSPS) is 14.9. The molecule has 0 aromatic carbocycles. The van der Waals surface area contributed by atoms with Crippen molar-refractivity contribution in [3.63, 3.8) is 0 Å². The van der Waals surface area contributed by atoms with E-state index in [1.165, 1.54) is 16.9 Å². The summed E-state index contributed by atoms with van der Waals surface area (Å²) in [5, 5.41) is 1.16. The molecule has 0 bridgehead atoms. The molecule has 6 heteroatoms. The molecule has 0 amide bonds. The van der Waals surface area contributed by atoms with E-state index in [0.29, 0.717) is 10.9 Å². The topological polar surface area (TPSA) is 58.6 Å². The molecule has 0 spiro atoms. The Kier molecular flexibility index (Phi) is 3.75. The third-order valence-corrected chi connectivity index (χ3v) is 5.50. The van der Waals surface area contributed by atoms with Gasteiger partial charge in [0.05, 0.1) is 10.4 Å². The van der Waals surface area contributed by atoms with Crippen molar-refractivity contribution in [1.82, 2.24) is 15.0 Å². The van der Waals surface area contributed by atoms with Crippen molar-refractivity contribution in [3.05, 3.63) is 56.7 Å². The Morgan fingerprint density at radius 3 is 3.04 bits per heavy atom. The van der Waals surface area contributed by atoms with E-state index in [9.17, 15) is 4.79 Å². The lowest BCUT2D eigenvalue weighted by Crippen LogP contribution is -2.12. The number of fused-ring (bicyclic) bond motifs is 3. The number of halogens is 1. The maximum Gasteiger partial charge on any atom is 0.260 e. The van der Waals surface area contributed by atoms with Crippen LogP contribution in [-0.2, 0) is 12.8 Å². The number of hydrogen-bond acceptors (Lipinski definition) is 4. The van der Waals surface area contributed by atoms with Gasteiger partial charge in [-0.1, -0.05) is 17.7 Å². The Hall–Kier alpha value is -1.98. The number of hydrogen-bond donors (Lipinski definition) is 1. The van der Waals surface area contributed by atoms with Crippen molar-refractivity contribution in [3.8, 4) is 0 Å². The minimum Gasteiger partial charge on any atom is -0.305 e. The second kappa shape index (κ2) is 5.91. The van der Waals surface area contributed by atoms with Gasteiger partial charge in [0.25, 0.3) is 5.56 Å². The summed E-state index contributed by atoms with van der Waals surface area (Å²) in [6.45, 7) is 0. The number of aryl methyl sites for hydroxylation is 2. The van der Waals surface area contributed by atoms with Crippen LogP contribution in [0.15, 0.2) is 29.3 Å². The van der Waals surface area contributed by atoms with Gasteiger partial charge < -0.3 is 4.98 Å². The maximum absolute atomic E-state index is 12.5. The molecule has 0 fully saturated rings. The minimum absolute atomic E-state index is 0.0952. The summed E-state index contributed by atoms with van der Waals surface area (Å²) in [6.07, 6.45) is 9.51. The van der Waals surface area contributed by atoms with E-state index in [1.54, 1.807) is 29.8 Å². The van der Waals surface area contributed by atoms with E-state index in [4.69, 9.17) is 11.6 Å². The van der Waals surface area contributed by atoms with E-state index in [-0.39, 0.29) is 5.56 Å². The number of pyridine rings is 1. The number of H-pyrrole nitrogens is 1. The first-order chi connectivity index (χ1) is 11.2. The monoisotopic (exact) mass is 343 g/mol. The predicted octanol–water partition coefficient (Wildman–Crippen LogP) is 4.00. The van der Waals surface area contributed by atoms with E-state index >= 15 is 0 Å². The van der Waals surface area contributed by atoms with Gasteiger partial charge in [-0.25, -0.2) is 4.98 Å². The Morgan fingerprint density at radius 1 is 1.35 bits per heavy atom. The smallest absolute Gasteiger partial charge is 0.260 e. The number of aromatic nitrogens is 3. The van der Waals surface area contributed by atoms with Crippen molar-refractivity contribution in [2.24, 2.45) is 0 Å². The van der Waals surface area contributed by atoms with Crippen LogP contribution in [0.3, 0.4) is 0 Å². The average Bonchev–Trinajstić information content (AvgIpc) is 2.94. The van der Waals surface area contributed by atoms with Crippen LogP contribution in [0.1, 0.15) is 34.7 Å². The van der Waals surface area contributed by atoms with Gasteiger partial charge in [-0.2, -0.15) is 0 Å². The van der Waals surface area contributed by atoms with Crippen LogP contribution in [0.4, 0.5) is 0 Å². The molecular formula is C17H14ClN3OS. The fraction of sp³-hybridized carbons (Fsp3) is 0.235. The molecule has 4 rings (SSSR count). The fourth-order valence-corrected chi connectivity index (χ4v) is 4.43. The predicted molar refractivity (Wildman–Crippen MR) is 94.8 cm³/mol. The van der Waals surface area contributed by atoms with Crippen LogP contribution in [0, 0.1) is 0 Å². The van der Waals surface area contributed by atoms with Crippen molar-refractivity contribution in [2.45, 2.75) is 25.7 Å².